The maximum Gasteiger partial charge on any atom is 0.415 e. The Morgan fingerprint density at radius 1 is 1.50 bits per heavy atom. The van der Waals surface area contributed by atoms with Gasteiger partial charge in [0.2, 0.25) is 5.91 Å². The lowest BCUT2D eigenvalue weighted by molar-refractivity contribution is -0.187. The fraction of sp³-hybridized carbons (Fsp3) is 0.455. The van der Waals surface area contributed by atoms with Gasteiger partial charge in [-0.2, -0.15) is 13.2 Å². The molecule has 1 aromatic rings. The molecule has 0 aliphatic heterocycles. The Kier molecular flexibility index (Phi) is 3.95. The van der Waals surface area contributed by atoms with Gasteiger partial charge in [-0.3, -0.25) is 9.78 Å². The summed E-state index contributed by atoms with van der Waals surface area (Å²) in [7, 11) is 0. The molecule has 0 spiro atoms. The summed E-state index contributed by atoms with van der Waals surface area (Å²) >= 11 is 0. The molecule has 18 heavy (non-hydrogen) atoms. The molecule has 1 amide bonds. The number of aromatic nitrogens is 1. The Hall–Kier alpha value is -1.63. The molecule has 1 heterocycles. The number of hydrogen-bond acceptors (Lipinski definition) is 3. The number of nitrogens with zero attached hydrogens (tertiary/aromatic N) is 1. The van der Waals surface area contributed by atoms with Crippen molar-refractivity contribution in [3.05, 3.63) is 30.1 Å². The predicted octanol–water partition coefficient (Wildman–Crippen LogP) is 1.54. The SMILES string of the molecule is C[C@@H](NC(=O)C(C)(N)C(F)(F)F)c1cccnc1. The van der Waals surface area contributed by atoms with Gasteiger partial charge in [0.1, 0.15) is 0 Å². The van der Waals surface area contributed by atoms with Gasteiger partial charge in [0.15, 0.2) is 5.54 Å². The van der Waals surface area contributed by atoms with Crippen LogP contribution in [0.1, 0.15) is 25.5 Å². The summed E-state index contributed by atoms with van der Waals surface area (Å²) in [6.45, 7) is 2.19. The monoisotopic (exact) mass is 261 g/mol. The highest BCUT2D eigenvalue weighted by Crippen LogP contribution is 2.28. The zero-order chi connectivity index (χ0) is 14.0. The number of carbonyl (C=O) groups excluding carboxylic acids is 1. The highest BCUT2D eigenvalue weighted by atomic mass is 19.4. The number of alkyl halides is 3. The van der Waals surface area contributed by atoms with E-state index in [9.17, 15) is 18.0 Å². The van der Waals surface area contributed by atoms with Gasteiger partial charge in [0.25, 0.3) is 0 Å². The first-order chi connectivity index (χ1) is 8.16. The molecule has 2 atom stereocenters. The second-order valence-electron chi connectivity index (χ2n) is 4.18. The third kappa shape index (κ3) is 2.98. The van der Waals surface area contributed by atoms with E-state index in [2.05, 4.69) is 10.3 Å². The van der Waals surface area contributed by atoms with Crippen LogP contribution in [-0.4, -0.2) is 22.6 Å². The largest absolute Gasteiger partial charge is 0.415 e. The van der Waals surface area contributed by atoms with Crippen LogP contribution in [0.15, 0.2) is 24.5 Å². The van der Waals surface area contributed by atoms with Crippen LogP contribution in [0.3, 0.4) is 0 Å². The molecule has 1 unspecified atom stereocenters. The van der Waals surface area contributed by atoms with Crippen LogP contribution in [0.5, 0.6) is 0 Å². The summed E-state index contributed by atoms with van der Waals surface area (Å²) in [5.74, 6) is -1.27. The summed E-state index contributed by atoms with van der Waals surface area (Å²) in [5.41, 5.74) is 2.70. The van der Waals surface area contributed by atoms with E-state index in [-0.39, 0.29) is 0 Å². The van der Waals surface area contributed by atoms with Gasteiger partial charge in [0, 0.05) is 12.4 Å². The lowest BCUT2D eigenvalue weighted by atomic mass is 10.0. The number of hydrogen-bond donors (Lipinski definition) is 2. The maximum atomic E-state index is 12.5. The van der Waals surface area contributed by atoms with E-state index in [0.29, 0.717) is 12.5 Å². The van der Waals surface area contributed by atoms with Crippen LogP contribution in [0, 0.1) is 0 Å². The van der Waals surface area contributed by atoms with Crippen LogP contribution in [0.2, 0.25) is 0 Å². The summed E-state index contributed by atoms with van der Waals surface area (Å²) in [5, 5.41) is 2.22. The van der Waals surface area contributed by atoms with Crippen molar-refractivity contribution in [3.63, 3.8) is 0 Å². The zero-order valence-electron chi connectivity index (χ0n) is 9.95. The molecule has 4 nitrogen and oxygen atoms in total. The third-order valence-electron chi connectivity index (χ3n) is 2.59. The van der Waals surface area contributed by atoms with Gasteiger partial charge in [-0.25, -0.2) is 0 Å². The number of nitrogens with two attached hydrogens (primary N) is 1. The Bertz CT molecular complexity index is 417. The highest BCUT2D eigenvalue weighted by Gasteiger charge is 2.54. The molecule has 0 fully saturated rings. The van der Waals surface area contributed by atoms with Gasteiger partial charge in [-0.15, -0.1) is 0 Å². The van der Waals surface area contributed by atoms with E-state index in [1.54, 1.807) is 19.1 Å². The van der Waals surface area contributed by atoms with E-state index >= 15 is 0 Å². The van der Waals surface area contributed by atoms with E-state index in [0.717, 1.165) is 0 Å². The summed E-state index contributed by atoms with van der Waals surface area (Å²) in [6, 6.07) is 2.68. The molecular weight excluding hydrogens is 247 g/mol. The molecule has 0 bridgehead atoms. The average molecular weight is 261 g/mol. The predicted molar refractivity (Wildman–Crippen MR) is 59.4 cm³/mol. The van der Waals surface area contributed by atoms with Crippen molar-refractivity contribution >= 4 is 5.91 Å². The fourth-order valence-electron chi connectivity index (χ4n) is 1.19. The van der Waals surface area contributed by atoms with Gasteiger partial charge >= 0.3 is 6.18 Å². The van der Waals surface area contributed by atoms with Crippen LogP contribution < -0.4 is 11.1 Å². The number of amides is 1. The first kappa shape index (κ1) is 14.4. The van der Waals surface area contributed by atoms with Crippen LogP contribution in [0.25, 0.3) is 0 Å². The Balaban J connectivity index is 2.78. The van der Waals surface area contributed by atoms with Crippen LogP contribution in [-0.2, 0) is 4.79 Å². The second kappa shape index (κ2) is 4.93. The average Bonchev–Trinajstić information content (AvgIpc) is 2.28. The number of pyridine rings is 1. The van der Waals surface area contributed by atoms with E-state index in [1.165, 1.54) is 12.4 Å². The van der Waals surface area contributed by atoms with Crippen LogP contribution in [0.4, 0.5) is 13.2 Å². The number of carbonyl (C=O) groups is 1. The number of nitrogens with one attached hydrogen (secondary N) is 1. The van der Waals surface area contributed by atoms with Crippen molar-refractivity contribution in [2.45, 2.75) is 31.6 Å². The molecule has 0 saturated carbocycles. The summed E-state index contributed by atoms with van der Waals surface area (Å²) in [6.07, 6.45) is -1.81. The van der Waals surface area contributed by atoms with Gasteiger partial charge in [-0.1, -0.05) is 6.07 Å². The second-order valence-corrected chi connectivity index (χ2v) is 4.18. The third-order valence-corrected chi connectivity index (χ3v) is 2.59. The highest BCUT2D eigenvalue weighted by molar-refractivity contribution is 5.86. The van der Waals surface area contributed by atoms with E-state index < -0.39 is 23.7 Å². The minimum absolute atomic E-state index is 0.601. The molecule has 7 heteroatoms. The lowest BCUT2D eigenvalue weighted by Crippen LogP contribution is -2.61. The molecule has 0 aromatic carbocycles. The Labute approximate surface area is 102 Å². The van der Waals surface area contributed by atoms with Gasteiger partial charge in [-0.05, 0) is 25.5 Å². The molecule has 0 saturated heterocycles. The quantitative estimate of drug-likeness (QED) is 0.867. The zero-order valence-corrected chi connectivity index (χ0v) is 9.95. The van der Waals surface area contributed by atoms with Crippen molar-refractivity contribution in [1.82, 2.24) is 10.3 Å². The van der Waals surface area contributed by atoms with Crippen molar-refractivity contribution in [1.29, 1.82) is 0 Å². The summed E-state index contributed by atoms with van der Waals surface area (Å²) in [4.78, 5) is 15.3. The summed E-state index contributed by atoms with van der Waals surface area (Å²) < 4.78 is 37.6. The van der Waals surface area contributed by atoms with Crippen molar-refractivity contribution < 1.29 is 18.0 Å². The number of halogens is 3. The Morgan fingerprint density at radius 2 is 2.11 bits per heavy atom. The molecule has 1 rings (SSSR count). The fourth-order valence-corrected chi connectivity index (χ4v) is 1.19. The molecule has 0 aliphatic rings. The molecule has 0 aliphatic carbocycles. The van der Waals surface area contributed by atoms with Crippen molar-refractivity contribution in [3.8, 4) is 0 Å². The maximum absolute atomic E-state index is 12.5. The Morgan fingerprint density at radius 3 is 2.56 bits per heavy atom. The van der Waals surface area contributed by atoms with Gasteiger partial charge < -0.3 is 11.1 Å². The van der Waals surface area contributed by atoms with Crippen molar-refractivity contribution in [2.24, 2.45) is 5.73 Å². The van der Waals surface area contributed by atoms with E-state index in [4.69, 9.17) is 5.73 Å². The first-order valence-electron chi connectivity index (χ1n) is 5.22. The topological polar surface area (TPSA) is 68.0 Å². The van der Waals surface area contributed by atoms with E-state index in [1.807, 2.05) is 0 Å². The molecular formula is C11H14F3N3O. The number of rotatable bonds is 3. The first-order valence-corrected chi connectivity index (χ1v) is 5.22. The minimum atomic E-state index is -4.80. The molecule has 3 N–H and O–H groups in total. The smallest absolute Gasteiger partial charge is 0.348 e. The standard InChI is InChI=1S/C11H14F3N3O/c1-7(8-4-3-5-16-6-8)17-9(18)10(2,15)11(12,13)14/h3-7H,15H2,1-2H3,(H,17,18)/t7-,10?/m1/s1. The van der Waals surface area contributed by atoms with Gasteiger partial charge in [0.05, 0.1) is 6.04 Å². The van der Waals surface area contributed by atoms with Crippen LogP contribution >= 0.6 is 0 Å². The normalized spacial score (nSPS) is 16.8. The minimum Gasteiger partial charge on any atom is -0.348 e. The molecule has 100 valence electrons. The molecule has 0 radical (unpaired) electrons. The lowest BCUT2D eigenvalue weighted by Gasteiger charge is -2.28. The van der Waals surface area contributed by atoms with Crippen molar-refractivity contribution in [2.75, 3.05) is 0 Å². The molecule has 1 aromatic heterocycles.